The lowest BCUT2D eigenvalue weighted by Gasteiger charge is -2.11. The second-order valence-corrected chi connectivity index (χ2v) is 5.10. The molecule has 110 valence electrons. The molecule has 2 aromatic rings. The zero-order valence-corrected chi connectivity index (χ0v) is 12.2. The second kappa shape index (κ2) is 6.56. The molecule has 0 heterocycles. The van der Waals surface area contributed by atoms with Gasteiger partial charge in [0.15, 0.2) is 0 Å². The number of rotatable bonds is 5. The Bertz CT molecular complexity index is 659. The smallest absolute Gasteiger partial charge is 0.269 e. The highest BCUT2D eigenvalue weighted by atomic mass is 35.5. The fourth-order valence-electron chi connectivity index (χ4n) is 1.84. The van der Waals surface area contributed by atoms with Gasteiger partial charge in [0.1, 0.15) is 12.4 Å². The molecule has 2 rings (SSSR count). The Kier molecular flexibility index (Phi) is 4.77. The van der Waals surface area contributed by atoms with Crippen LogP contribution in [0.1, 0.15) is 24.1 Å². The summed E-state index contributed by atoms with van der Waals surface area (Å²) >= 11 is 6.13. The molecule has 0 aliphatic rings. The van der Waals surface area contributed by atoms with E-state index in [0.717, 1.165) is 5.56 Å². The van der Waals surface area contributed by atoms with Gasteiger partial charge in [0.05, 0.1) is 9.95 Å². The van der Waals surface area contributed by atoms with Gasteiger partial charge in [0.25, 0.3) is 5.69 Å². The molecule has 0 aliphatic carbocycles. The fraction of sp³-hybridized carbons (Fsp3) is 0.200. The number of benzene rings is 2. The van der Waals surface area contributed by atoms with Gasteiger partial charge in [0, 0.05) is 18.2 Å². The molecule has 0 saturated carbocycles. The molecule has 2 aromatic carbocycles. The van der Waals surface area contributed by atoms with E-state index in [0.29, 0.717) is 16.3 Å². The van der Waals surface area contributed by atoms with E-state index in [-0.39, 0.29) is 18.3 Å². The summed E-state index contributed by atoms with van der Waals surface area (Å²) in [6, 6.07) is 11.5. The lowest BCUT2D eigenvalue weighted by molar-refractivity contribution is -0.384. The van der Waals surface area contributed by atoms with Crippen molar-refractivity contribution in [3.63, 3.8) is 0 Å². The van der Waals surface area contributed by atoms with Gasteiger partial charge in [0.2, 0.25) is 0 Å². The maximum Gasteiger partial charge on any atom is 0.269 e. The predicted molar refractivity (Wildman–Crippen MR) is 81.5 cm³/mol. The third kappa shape index (κ3) is 3.93. The van der Waals surface area contributed by atoms with Gasteiger partial charge in [-0.05, 0) is 30.2 Å². The molecule has 0 bridgehead atoms. The molecule has 0 aromatic heterocycles. The Morgan fingerprint density at radius 3 is 2.71 bits per heavy atom. The van der Waals surface area contributed by atoms with Gasteiger partial charge < -0.3 is 10.5 Å². The first-order chi connectivity index (χ1) is 9.97. The molecule has 0 spiro atoms. The largest absolute Gasteiger partial charge is 0.487 e. The van der Waals surface area contributed by atoms with Crippen LogP contribution in [0.5, 0.6) is 5.75 Å². The Hall–Kier alpha value is -2.11. The number of nitro benzene ring substituents is 1. The van der Waals surface area contributed by atoms with Crippen molar-refractivity contribution in [1.29, 1.82) is 0 Å². The van der Waals surface area contributed by atoms with Gasteiger partial charge in [-0.3, -0.25) is 10.1 Å². The van der Waals surface area contributed by atoms with Crippen LogP contribution >= 0.6 is 11.6 Å². The number of ether oxygens (including phenoxy) is 1. The minimum atomic E-state index is -0.437. The summed E-state index contributed by atoms with van der Waals surface area (Å²) in [5.41, 5.74) is 7.44. The average molecular weight is 307 g/mol. The number of hydrogen-bond donors (Lipinski definition) is 1. The minimum Gasteiger partial charge on any atom is -0.487 e. The van der Waals surface area contributed by atoms with Gasteiger partial charge in [-0.25, -0.2) is 0 Å². The maximum absolute atomic E-state index is 10.7. The summed E-state index contributed by atoms with van der Waals surface area (Å²) in [6.45, 7) is 2.08. The lowest BCUT2D eigenvalue weighted by Crippen LogP contribution is -2.05. The Morgan fingerprint density at radius 2 is 2.10 bits per heavy atom. The van der Waals surface area contributed by atoms with Crippen LogP contribution in [0.15, 0.2) is 42.5 Å². The summed E-state index contributed by atoms with van der Waals surface area (Å²) in [5.74, 6) is 0.521. The number of nitrogens with two attached hydrogens (primary N) is 1. The number of halogens is 1. The van der Waals surface area contributed by atoms with Crippen molar-refractivity contribution in [2.24, 2.45) is 5.73 Å². The second-order valence-electron chi connectivity index (χ2n) is 4.69. The van der Waals surface area contributed by atoms with E-state index in [1.807, 2.05) is 13.0 Å². The van der Waals surface area contributed by atoms with Crippen LogP contribution in [-0.4, -0.2) is 4.92 Å². The van der Waals surface area contributed by atoms with Crippen molar-refractivity contribution in [3.8, 4) is 5.75 Å². The zero-order chi connectivity index (χ0) is 15.4. The molecule has 1 atom stereocenters. The van der Waals surface area contributed by atoms with Crippen molar-refractivity contribution in [3.05, 3.63) is 68.7 Å². The molecule has 6 heteroatoms. The fourth-order valence-corrected chi connectivity index (χ4v) is 2.08. The third-order valence-corrected chi connectivity index (χ3v) is 3.29. The number of non-ortho nitro benzene ring substituents is 1. The highest BCUT2D eigenvalue weighted by molar-refractivity contribution is 6.32. The van der Waals surface area contributed by atoms with E-state index >= 15 is 0 Å². The molecule has 2 N–H and O–H groups in total. The van der Waals surface area contributed by atoms with Crippen LogP contribution in [0.4, 0.5) is 5.69 Å². The average Bonchev–Trinajstić information content (AvgIpc) is 2.46. The van der Waals surface area contributed by atoms with Crippen molar-refractivity contribution >= 4 is 17.3 Å². The molecular weight excluding hydrogens is 292 g/mol. The van der Waals surface area contributed by atoms with Crippen molar-refractivity contribution < 1.29 is 9.66 Å². The lowest BCUT2D eigenvalue weighted by atomic mass is 10.1. The minimum absolute atomic E-state index is 0.0366. The van der Waals surface area contributed by atoms with E-state index in [9.17, 15) is 10.1 Å². The van der Waals surface area contributed by atoms with Crippen LogP contribution in [0.2, 0.25) is 5.02 Å². The summed E-state index contributed by atoms with van der Waals surface area (Å²) in [7, 11) is 0. The highest BCUT2D eigenvalue weighted by Gasteiger charge is 2.08. The molecule has 21 heavy (non-hydrogen) atoms. The first-order valence-corrected chi connectivity index (χ1v) is 6.76. The first-order valence-electron chi connectivity index (χ1n) is 6.38. The van der Waals surface area contributed by atoms with Crippen molar-refractivity contribution in [1.82, 2.24) is 0 Å². The van der Waals surface area contributed by atoms with Crippen LogP contribution in [0, 0.1) is 10.1 Å². The van der Waals surface area contributed by atoms with Crippen LogP contribution in [0.25, 0.3) is 0 Å². The van der Waals surface area contributed by atoms with Crippen LogP contribution in [0.3, 0.4) is 0 Å². The standard InChI is InChI=1S/C15H15ClN2O3/c1-10(17)12-5-6-15(14(16)8-12)21-9-11-3-2-4-13(7-11)18(19)20/h2-8,10H,9,17H2,1H3/t10-/m0/s1. The van der Waals surface area contributed by atoms with E-state index in [4.69, 9.17) is 22.1 Å². The molecule has 0 amide bonds. The van der Waals surface area contributed by atoms with Gasteiger partial charge in [-0.15, -0.1) is 0 Å². The van der Waals surface area contributed by atoms with E-state index < -0.39 is 4.92 Å². The summed E-state index contributed by atoms with van der Waals surface area (Å²) in [5, 5.41) is 11.2. The molecule has 0 radical (unpaired) electrons. The SMILES string of the molecule is C[C@H](N)c1ccc(OCc2cccc([N+](=O)[O-])c2)c(Cl)c1. The normalized spacial score (nSPS) is 12.0. The zero-order valence-electron chi connectivity index (χ0n) is 11.5. The maximum atomic E-state index is 10.7. The molecule has 0 saturated heterocycles. The number of nitrogens with zero attached hydrogens (tertiary/aromatic N) is 1. The quantitative estimate of drug-likeness (QED) is 0.672. The number of hydrogen-bond acceptors (Lipinski definition) is 4. The van der Waals surface area contributed by atoms with Crippen molar-refractivity contribution in [2.45, 2.75) is 19.6 Å². The van der Waals surface area contributed by atoms with E-state index in [2.05, 4.69) is 0 Å². The van der Waals surface area contributed by atoms with E-state index in [1.54, 1.807) is 24.3 Å². The Morgan fingerprint density at radius 1 is 1.33 bits per heavy atom. The molecule has 0 aliphatic heterocycles. The molecule has 5 nitrogen and oxygen atoms in total. The van der Waals surface area contributed by atoms with E-state index in [1.165, 1.54) is 12.1 Å². The van der Waals surface area contributed by atoms with Crippen LogP contribution in [-0.2, 0) is 6.61 Å². The highest BCUT2D eigenvalue weighted by Crippen LogP contribution is 2.28. The summed E-state index contributed by atoms with van der Waals surface area (Å²) in [4.78, 5) is 10.3. The summed E-state index contributed by atoms with van der Waals surface area (Å²) < 4.78 is 5.60. The van der Waals surface area contributed by atoms with Crippen molar-refractivity contribution in [2.75, 3.05) is 0 Å². The van der Waals surface area contributed by atoms with Gasteiger partial charge >= 0.3 is 0 Å². The monoisotopic (exact) mass is 306 g/mol. The molecule has 0 fully saturated rings. The first kappa shape index (κ1) is 15.3. The predicted octanol–water partition coefficient (Wildman–Crippen LogP) is 3.85. The Labute approximate surface area is 127 Å². The van der Waals surface area contributed by atoms with Gasteiger partial charge in [-0.2, -0.15) is 0 Å². The molecule has 0 unspecified atom stereocenters. The topological polar surface area (TPSA) is 78.4 Å². The number of nitro groups is 1. The third-order valence-electron chi connectivity index (χ3n) is 3.00. The van der Waals surface area contributed by atoms with Gasteiger partial charge in [-0.1, -0.05) is 29.8 Å². The van der Waals surface area contributed by atoms with Crippen LogP contribution < -0.4 is 10.5 Å². The summed E-state index contributed by atoms with van der Waals surface area (Å²) in [6.07, 6.45) is 0. The molecular formula is C15H15ClN2O3. The Balaban J connectivity index is 2.09.